The fourth-order valence-corrected chi connectivity index (χ4v) is 1.47. The second-order valence-electron chi connectivity index (χ2n) is 3.78. The van der Waals surface area contributed by atoms with E-state index >= 15 is 0 Å². The molecule has 0 aliphatic heterocycles. The number of hydrogen-bond donors (Lipinski definition) is 2. The van der Waals surface area contributed by atoms with E-state index < -0.39 is 0 Å². The van der Waals surface area contributed by atoms with Gasteiger partial charge in [0.15, 0.2) is 0 Å². The molecule has 0 saturated heterocycles. The summed E-state index contributed by atoms with van der Waals surface area (Å²) in [5, 5.41) is 2.76. The highest BCUT2D eigenvalue weighted by Gasteiger charge is 2.01. The Morgan fingerprint density at radius 3 is 2.61 bits per heavy atom. The molecule has 2 aromatic rings. The van der Waals surface area contributed by atoms with Crippen LogP contribution in [0, 0.1) is 0 Å². The van der Waals surface area contributed by atoms with Crippen LogP contribution in [0.4, 0.5) is 5.69 Å². The number of carbonyl (C=O) groups excluding carboxylic acids is 1. The Balaban J connectivity index is 2.19. The number of hydrogen-bond acceptors (Lipinski definition) is 3. The van der Waals surface area contributed by atoms with Crippen LogP contribution in [0.5, 0.6) is 0 Å². The number of amides is 1. The number of carbonyl (C=O) groups is 1. The molecule has 5 heteroatoms. The van der Waals surface area contributed by atoms with Gasteiger partial charge in [-0.05, 0) is 12.1 Å². The van der Waals surface area contributed by atoms with Gasteiger partial charge in [0.2, 0.25) is 5.91 Å². The molecular weight excluding hydrogens is 230 g/mol. The average molecular weight is 243 g/mol. The quantitative estimate of drug-likeness (QED) is 0.862. The summed E-state index contributed by atoms with van der Waals surface area (Å²) in [6, 6.07) is 7.28. The zero-order valence-electron chi connectivity index (χ0n) is 9.93. The van der Waals surface area contributed by atoms with Crippen molar-refractivity contribution in [3.63, 3.8) is 0 Å². The van der Waals surface area contributed by atoms with Crippen LogP contribution in [-0.4, -0.2) is 15.9 Å². The number of anilines is 1. The predicted molar refractivity (Wildman–Crippen MR) is 69.2 cm³/mol. The summed E-state index contributed by atoms with van der Waals surface area (Å²) in [7, 11) is 0. The van der Waals surface area contributed by atoms with Gasteiger partial charge < -0.3 is 10.3 Å². The molecule has 1 heterocycles. The van der Waals surface area contributed by atoms with E-state index in [4.69, 9.17) is 0 Å². The van der Waals surface area contributed by atoms with Gasteiger partial charge in [-0.25, -0.2) is 4.98 Å². The minimum Gasteiger partial charge on any atom is -0.326 e. The van der Waals surface area contributed by atoms with Gasteiger partial charge in [0.05, 0.1) is 11.9 Å². The SMILES string of the molecule is CCC(=O)Nc1ccc(-c2c[nH]c(=O)cn2)cc1. The van der Waals surface area contributed by atoms with Gasteiger partial charge in [-0.2, -0.15) is 0 Å². The molecule has 0 unspecified atom stereocenters. The van der Waals surface area contributed by atoms with Crippen molar-refractivity contribution in [1.82, 2.24) is 9.97 Å². The van der Waals surface area contributed by atoms with Crippen molar-refractivity contribution in [1.29, 1.82) is 0 Å². The molecule has 18 heavy (non-hydrogen) atoms. The highest BCUT2D eigenvalue weighted by molar-refractivity contribution is 5.90. The van der Waals surface area contributed by atoms with Crippen molar-refractivity contribution >= 4 is 11.6 Å². The zero-order valence-corrected chi connectivity index (χ0v) is 9.93. The topological polar surface area (TPSA) is 74.8 Å². The van der Waals surface area contributed by atoms with Gasteiger partial charge in [0, 0.05) is 23.9 Å². The summed E-state index contributed by atoms with van der Waals surface area (Å²) in [4.78, 5) is 28.7. The Morgan fingerprint density at radius 1 is 1.33 bits per heavy atom. The number of aromatic amines is 1. The van der Waals surface area contributed by atoms with Crippen LogP contribution in [-0.2, 0) is 4.79 Å². The lowest BCUT2D eigenvalue weighted by atomic mass is 10.1. The number of rotatable bonds is 3. The maximum atomic E-state index is 11.2. The molecule has 0 bridgehead atoms. The molecule has 0 atom stereocenters. The number of H-pyrrole nitrogens is 1. The molecule has 2 rings (SSSR count). The molecule has 0 spiro atoms. The second-order valence-corrected chi connectivity index (χ2v) is 3.78. The third-order valence-electron chi connectivity index (χ3n) is 2.46. The minimum absolute atomic E-state index is 0.0232. The Kier molecular flexibility index (Phi) is 3.52. The molecule has 0 saturated carbocycles. The molecule has 1 aromatic carbocycles. The highest BCUT2D eigenvalue weighted by Crippen LogP contribution is 2.18. The molecule has 5 nitrogen and oxygen atoms in total. The van der Waals surface area contributed by atoms with Gasteiger partial charge in [-0.3, -0.25) is 9.59 Å². The summed E-state index contributed by atoms with van der Waals surface area (Å²) in [6.45, 7) is 1.80. The van der Waals surface area contributed by atoms with E-state index in [0.717, 1.165) is 11.3 Å². The van der Waals surface area contributed by atoms with Gasteiger partial charge in [-0.15, -0.1) is 0 Å². The highest BCUT2D eigenvalue weighted by atomic mass is 16.1. The van der Waals surface area contributed by atoms with Crippen molar-refractivity contribution in [2.75, 3.05) is 5.32 Å². The van der Waals surface area contributed by atoms with E-state index in [9.17, 15) is 9.59 Å². The zero-order chi connectivity index (χ0) is 13.0. The first kappa shape index (κ1) is 12.0. The summed E-state index contributed by atoms with van der Waals surface area (Å²) in [5.74, 6) is -0.0232. The fraction of sp³-hybridized carbons (Fsp3) is 0.154. The van der Waals surface area contributed by atoms with Crippen molar-refractivity contribution in [2.24, 2.45) is 0 Å². The van der Waals surface area contributed by atoms with Crippen molar-refractivity contribution in [3.05, 3.63) is 47.0 Å². The normalized spacial score (nSPS) is 10.1. The molecule has 0 fully saturated rings. The first-order chi connectivity index (χ1) is 8.69. The van der Waals surface area contributed by atoms with E-state index in [-0.39, 0.29) is 11.5 Å². The Labute approximate surface area is 104 Å². The van der Waals surface area contributed by atoms with E-state index in [1.54, 1.807) is 25.3 Å². The van der Waals surface area contributed by atoms with Crippen LogP contribution < -0.4 is 10.9 Å². The van der Waals surface area contributed by atoms with Crippen molar-refractivity contribution in [3.8, 4) is 11.3 Å². The fourth-order valence-electron chi connectivity index (χ4n) is 1.47. The Hall–Kier alpha value is -2.43. The van der Waals surface area contributed by atoms with Gasteiger partial charge in [0.1, 0.15) is 0 Å². The summed E-state index contributed by atoms with van der Waals surface area (Å²) in [6.07, 6.45) is 3.24. The van der Waals surface area contributed by atoms with Crippen LogP contribution >= 0.6 is 0 Å². The van der Waals surface area contributed by atoms with E-state index in [1.807, 2.05) is 12.1 Å². The van der Waals surface area contributed by atoms with Crippen molar-refractivity contribution in [2.45, 2.75) is 13.3 Å². The lowest BCUT2D eigenvalue weighted by molar-refractivity contribution is -0.115. The van der Waals surface area contributed by atoms with Crippen LogP contribution in [0.3, 0.4) is 0 Å². The summed E-state index contributed by atoms with van der Waals surface area (Å²) in [5.41, 5.74) is 2.07. The maximum absolute atomic E-state index is 11.2. The van der Waals surface area contributed by atoms with Gasteiger partial charge in [0.25, 0.3) is 5.56 Å². The number of nitrogens with zero attached hydrogens (tertiary/aromatic N) is 1. The average Bonchev–Trinajstić information content (AvgIpc) is 2.40. The molecule has 0 radical (unpaired) electrons. The lowest BCUT2D eigenvalue weighted by Crippen LogP contribution is -2.09. The molecule has 0 aliphatic rings. The molecule has 1 amide bonds. The van der Waals surface area contributed by atoms with Gasteiger partial charge in [-0.1, -0.05) is 19.1 Å². The lowest BCUT2D eigenvalue weighted by Gasteiger charge is -2.04. The molecule has 2 N–H and O–H groups in total. The van der Waals surface area contributed by atoms with E-state index in [1.165, 1.54) is 6.20 Å². The molecule has 92 valence electrons. The maximum Gasteiger partial charge on any atom is 0.266 e. The van der Waals surface area contributed by atoms with Crippen LogP contribution in [0.1, 0.15) is 13.3 Å². The number of benzene rings is 1. The van der Waals surface area contributed by atoms with E-state index in [2.05, 4.69) is 15.3 Å². The van der Waals surface area contributed by atoms with E-state index in [0.29, 0.717) is 12.1 Å². The number of aromatic nitrogens is 2. The molecular formula is C13H13N3O2. The largest absolute Gasteiger partial charge is 0.326 e. The van der Waals surface area contributed by atoms with Gasteiger partial charge >= 0.3 is 0 Å². The Morgan fingerprint density at radius 2 is 2.06 bits per heavy atom. The molecule has 0 aliphatic carbocycles. The molecule has 1 aromatic heterocycles. The predicted octanol–water partition coefficient (Wildman–Crippen LogP) is 1.79. The summed E-state index contributed by atoms with van der Waals surface area (Å²) < 4.78 is 0. The Bertz CT molecular complexity index is 582. The first-order valence-corrected chi connectivity index (χ1v) is 5.64. The van der Waals surface area contributed by atoms with Crippen LogP contribution in [0.2, 0.25) is 0 Å². The van der Waals surface area contributed by atoms with Crippen LogP contribution in [0.15, 0.2) is 41.5 Å². The standard InChI is InChI=1S/C13H13N3O2/c1-2-12(17)16-10-5-3-9(4-6-10)11-7-15-13(18)8-14-11/h3-8H,2H2,1H3,(H,15,18)(H,16,17). The van der Waals surface area contributed by atoms with Crippen molar-refractivity contribution < 1.29 is 4.79 Å². The monoisotopic (exact) mass is 243 g/mol. The third-order valence-corrected chi connectivity index (χ3v) is 2.46. The minimum atomic E-state index is -0.231. The first-order valence-electron chi connectivity index (χ1n) is 5.64. The summed E-state index contributed by atoms with van der Waals surface area (Å²) >= 11 is 0. The smallest absolute Gasteiger partial charge is 0.266 e. The second kappa shape index (κ2) is 5.27. The third kappa shape index (κ3) is 2.82. The number of nitrogens with one attached hydrogen (secondary N) is 2. The van der Waals surface area contributed by atoms with Crippen LogP contribution in [0.25, 0.3) is 11.3 Å².